The van der Waals surface area contributed by atoms with Gasteiger partial charge in [0.1, 0.15) is 11.5 Å². The van der Waals surface area contributed by atoms with Crippen LogP contribution in [0.15, 0.2) is 82.8 Å². The molecule has 4 rings (SSSR count). The number of carbonyl (C=O) groups is 1. The zero-order valence-corrected chi connectivity index (χ0v) is 20.0. The van der Waals surface area contributed by atoms with Crippen LogP contribution in [0.1, 0.15) is 11.3 Å². The van der Waals surface area contributed by atoms with E-state index >= 15 is 0 Å². The number of nitro groups is 1. The van der Waals surface area contributed by atoms with Gasteiger partial charge in [0.05, 0.1) is 27.4 Å². The molecule has 0 radical (unpaired) electrons. The Morgan fingerprint density at radius 1 is 1.17 bits per heavy atom. The molecular weight excluding hydrogens is 488 g/mol. The van der Waals surface area contributed by atoms with Gasteiger partial charge in [-0.25, -0.2) is 5.43 Å². The minimum Gasteiger partial charge on any atom is -0.456 e. The summed E-state index contributed by atoms with van der Waals surface area (Å²) in [5.41, 5.74) is 4.96. The quantitative estimate of drug-likeness (QED) is 0.133. The van der Waals surface area contributed by atoms with E-state index in [1.54, 1.807) is 24.3 Å². The number of hydrogen-bond acceptors (Lipinski definition) is 7. The molecule has 8 nitrogen and oxygen atoms in total. The molecule has 176 valence electrons. The fraction of sp³-hybridized carbons (Fsp3) is 0.0800. The number of pyridine rings is 1. The van der Waals surface area contributed by atoms with Crippen molar-refractivity contribution < 1.29 is 14.5 Å². The van der Waals surface area contributed by atoms with Gasteiger partial charge in [0.25, 0.3) is 5.69 Å². The van der Waals surface area contributed by atoms with Gasteiger partial charge in [0, 0.05) is 28.1 Å². The molecule has 3 aromatic carbocycles. The molecule has 0 fully saturated rings. The summed E-state index contributed by atoms with van der Waals surface area (Å²) in [7, 11) is 0. The minimum absolute atomic E-state index is 0.112. The van der Waals surface area contributed by atoms with Crippen molar-refractivity contribution in [3.63, 3.8) is 0 Å². The second kappa shape index (κ2) is 11.0. The molecular formula is C25H19ClN4O4S. The highest BCUT2D eigenvalue weighted by atomic mass is 35.5. The third-order valence-electron chi connectivity index (χ3n) is 4.80. The smallest absolute Gasteiger partial charge is 0.271 e. The lowest BCUT2D eigenvalue weighted by Gasteiger charge is -2.07. The number of aromatic nitrogens is 1. The Kier molecular flexibility index (Phi) is 7.59. The van der Waals surface area contributed by atoms with Gasteiger partial charge < -0.3 is 4.74 Å². The van der Waals surface area contributed by atoms with Crippen LogP contribution >= 0.6 is 23.4 Å². The van der Waals surface area contributed by atoms with Crippen LogP contribution in [0.25, 0.3) is 10.9 Å². The first-order valence-electron chi connectivity index (χ1n) is 10.4. The van der Waals surface area contributed by atoms with E-state index in [-0.39, 0.29) is 22.4 Å². The number of nitrogens with zero attached hydrogens (tertiary/aromatic N) is 3. The summed E-state index contributed by atoms with van der Waals surface area (Å²) >= 11 is 7.49. The zero-order chi connectivity index (χ0) is 24.8. The van der Waals surface area contributed by atoms with Crippen molar-refractivity contribution in [1.29, 1.82) is 0 Å². The van der Waals surface area contributed by atoms with E-state index in [2.05, 4.69) is 15.5 Å². The Hall–Kier alpha value is -3.95. The van der Waals surface area contributed by atoms with Gasteiger partial charge in [0.15, 0.2) is 0 Å². The summed E-state index contributed by atoms with van der Waals surface area (Å²) in [5.74, 6) is 0.796. The van der Waals surface area contributed by atoms with Crippen molar-refractivity contribution in [2.24, 2.45) is 5.10 Å². The fourth-order valence-electron chi connectivity index (χ4n) is 3.18. The average Bonchev–Trinajstić information content (AvgIpc) is 2.84. The molecule has 0 aliphatic heterocycles. The number of aryl methyl sites for hydroxylation is 1. The number of ether oxygens (including phenoxy) is 1. The molecule has 1 heterocycles. The minimum atomic E-state index is -0.524. The van der Waals surface area contributed by atoms with E-state index in [4.69, 9.17) is 16.3 Å². The third-order valence-corrected chi connectivity index (χ3v) is 6.15. The Labute approximate surface area is 210 Å². The maximum Gasteiger partial charge on any atom is 0.271 e. The number of fused-ring (bicyclic) bond motifs is 1. The van der Waals surface area contributed by atoms with Crippen molar-refractivity contribution >= 4 is 52.1 Å². The topological polar surface area (TPSA) is 107 Å². The predicted molar refractivity (Wildman–Crippen MR) is 138 cm³/mol. The van der Waals surface area contributed by atoms with E-state index in [1.807, 2.05) is 37.3 Å². The van der Waals surface area contributed by atoms with Crippen LogP contribution in [0.4, 0.5) is 5.69 Å². The number of thioether (sulfide) groups is 1. The number of carbonyl (C=O) groups excluding carboxylic acids is 1. The van der Waals surface area contributed by atoms with Crippen molar-refractivity contribution in [3.8, 4) is 11.5 Å². The van der Waals surface area contributed by atoms with Crippen LogP contribution in [0.2, 0.25) is 5.02 Å². The highest BCUT2D eigenvalue weighted by Crippen LogP contribution is 2.32. The number of benzene rings is 3. The van der Waals surface area contributed by atoms with Crippen molar-refractivity contribution in [2.75, 3.05) is 5.75 Å². The molecule has 0 saturated heterocycles. The van der Waals surface area contributed by atoms with Gasteiger partial charge in [-0.3, -0.25) is 19.9 Å². The van der Waals surface area contributed by atoms with Crippen LogP contribution in [-0.4, -0.2) is 27.8 Å². The maximum absolute atomic E-state index is 12.2. The molecule has 1 N–H and O–H groups in total. The molecule has 10 heteroatoms. The normalized spacial score (nSPS) is 11.0. The molecule has 0 unspecified atom stereocenters. The molecule has 0 bridgehead atoms. The second-order valence-electron chi connectivity index (χ2n) is 7.40. The van der Waals surface area contributed by atoms with Crippen molar-refractivity contribution in [2.45, 2.75) is 11.8 Å². The van der Waals surface area contributed by atoms with E-state index in [0.717, 1.165) is 27.1 Å². The predicted octanol–water partition coefficient (Wildman–Crippen LogP) is 6.14. The number of nitro benzene ring substituents is 1. The van der Waals surface area contributed by atoms with Gasteiger partial charge in [0.2, 0.25) is 5.91 Å². The number of rotatable bonds is 8. The number of hydrogen-bond donors (Lipinski definition) is 1. The van der Waals surface area contributed by atoms with Gasteiger partial charge in [-0.1, -0.05) is 29.8 Å². The van der Waals surface area contributed by atoms with Crippen LogP contribution in [0, 0.1) is 17.0 Å². The first-order chi connectivity index (χ1) is 16.9. The number of para-hydroxylation sites is 1. The number of nitrogens with one attached hydrogen (secondary N) is 1. The summed E-state index contributed by atoms with van der Waals surface area (Å²) in [6.45, 7) is 1.93. The average molecular weight is 507 g/mol. The Morgan fingerprint density at radius 3 is 2.69 bits per heavy atom. The molecule has 1 amide bonds. The number of hydrazone groups is 1. The van der Waals surface area contributed by atoms with Gasteiger partial charge in [-0.05, 0) is 55.0 Å². The van der Waals surface area contributed by atoms with E-state index in [0.29, 0.717) is 11.5 Å². The van der Waals surface area contributed by atoms with Gasteiger partial charge in [-0.2, -0.15) is 5.10 Å². The Morgan fingerprint density at radius 2 is 1.94 bits per heavy atom. The van der Waals surface area contributed by atoms with Gasteiger partial charge >= 0.3 is 0 Å². The summed E-state index contributed by atoms with van der Waals surface area (Å²) in [6.07, 6.45) is 1.52. The molecule has 0 atom stereocenters. The van der Waals surface area contributed by atoms with Crippen LogP contribution in [0.3, 0.4) is 0 Å². The molecule has 35 heavy (non-hydrogen) atoms. The number of halogens is 1. The molecule has 4 aromatic rings. The SMILES string of the molecule is Cc1cc(SCC(=O)N/N=C\c2ccc(Oc3ccc([N+](=O)[O-])cc3Cl)cc2)c2ccccc2n1. The standard InChI is InChI=1S/C25H19ClN4O4S/c1-16-12-24(20-4-2-3-5-22(20)28-16)35-15-25(31)29-27-14-17-6-9-19(10-7-17)34-23-11-8-18(30(32)33)13-21(23)26/h2-14H,15H2,1H3,(H,29,31)/b27-14-. The number of amides is 1. The summed E-state index contributed by atoms with van der Waals surface area (Å²) in [4.78, 5) is 28.0. The monoisotopic (exact) mass is 506 g/mol. The number of non-ortho nitro benzene ring substituents is 1. The van der Waals surface area contributed by atoms with Crippen LogP contribution < -0.4 is 10.2 Å². The molecule has 0 spiro atoms. The lowest BCUT2D eigenvalue weighted by molar-refractivity contribution is -0.384. The first-order valence-corrected chi connectivity index (χ1v) is 11.8. The largest absolute Gasteiger partial charge is 0.456 e. The van der Waals surface area contributed by atoms with Gasteiger partial charge in [-0.15, -0.1) is 11.8 Å². The first kappa shape index (κ1) is 24.2. The Balaban J connectivity index is 1.30. The lowest BCUT2D eigenvalue weighted by atomic mass is 10.2. The van der Waals surface area contributed by atoms with E-state index in [1.165, 1.54) is 36.2 Å². The lowest BCUT2D eigenvalue weighted by Crippen LogP contribution is -2.19. The molecule has 0 aliphatic carbocycles. The van der Waals surface area contributed by atoms with Crippen LogP contribution in [-0.2, 0) is 4.79 Å². The zero-order valence-electron chi connectivity index (χ0n) is 18.5. The summed E-state index contributed by atoms with van der Waals surface area (Å²) in [5, 5.41) is 16.0. The molecule has 1 aromatic heterocycles. The van der Waals surface area contributed by atoms with Crippen molar-refractivity contribution in [3.05, 3.63) is 99.2 Å². The second-order valence-corrected chi connectivity index (χ2v) is 8.83. The van der Waals surface area contributed by atoms with E-state index < -0.39 is 4.92 Å². The maximum atomic E-state index is 12.2. The molecule has 0 aliphatic rings. The summed E-state index contributed by atoms with van der Waals surface area (Å²) in [6, 6.07) is 20.7. The van der Waals surface area contributed by atoms with Crippen LogP contribution in [0.5, 0.6) is 11.5 Å². The highest BCUT2D eigenvalue weighted by molar-refractivity contribution is 8.00. The van der Waals surface area contributed by atoms with Crippen molar-refractivity contribution in [1.82, 2.24) is 10.4 Å². The highest BCUT2D eigenvalue weighted by Gasteiger charge is 2.11. The summed E-state index contributed by atoms with van der Waals surface area (Å²) < 4.78 is 5.68. The third kappa shape index (κ3) is 6.34. The Bertz CT molecular complexity index is 1430. The fourth-order valence-corrected chi connectivity index (χ4v) is 4.32. The molecule has 0 saturated carbocycles. The van der Waals surface area contributed by atoms with E-state index in [9.17, 15) is 14.9 Å².